The third-order valence-corrected chi connectivity index (χ3v) is 3.35. The van der Waals surface area contributed by atoms with Crippen LogP contribution in [0.2, 0.25) is 0 Å². The van der Waals surface area contributed by atoms with Crippen molar-refractivity contribution in [1.29, 1.82) is 0 Å². The van der Waals surface area contributed by atoms with Crippen LogP contribution < -0.4 is 10.2 Å². The number of ether oxygens (including phenoxy) is 2. The zero-order valence-electron chi connectivity index (χ0n) is 13.2. The van der Waals surface area contributed by atoms with Gasteiger partial charge in [-0.1, -0.05) is 18.2 Å². The van der Waals surface area contributed by atoms with Gasteiger partial charge < -0.3 is 19.7 Å². The van der Waals surface area contributed by atoms with Crippen LogP contribution in [0, 0.1) is 0 Å². The first-order valence-corrected chi connectivity index (χ1v) is 7.19. The lowest BCUT2D eigenvalue weighted by Gasteiger charge is -2.21. The van der Waals surface area contributed by atoms with Crippen LogP contribution in [0.5, 0.6) is 5.75 Å². The highest BCUT2D eigenvalue weighted by molar-refractivity contribution is 5.91. The maximum absolute atomic E-state index is 11.2. The first-order valence-electron chi connectivity index (χ1n) is 7.19. The molecule has 128 valence electrons. The van der Waals surface area contributed by atoms with Crippen LogP contribution in [0.4, 0.5) is 0 Å². The van der Waals surface area contributed by atoms with E-state index >= 15 is 0 Å². The van der Waals surface area contributed by atoms with Crippen molar-refractivity contribution < 1.29 is 29.7 Å². The number of nitrogens with one attached hydrogen (secondary N) is 1. The smallest absolute Gasteiger partial charge is 0.269 e. The molecule has 2 atom stereocenters. The minimum Gasteiger partial charge on any atom is -0.491 e. The van der Waals surface area contributed by atoms with Crippen LogP contribution in [-0.2, 0) is 9.53 Å². The van der Waals surface area contributed by atoms with E-state index < -0.39 is 18.1 Å². The van der Waals surface area contributed by atoms with Gasteiger partial charge in [-0.05, 0) is 31.0 Å². The first-order chi connectivity index (χ1) is 11.0. The summed E-state index contributed by atoms with van der Waals surface area (Å²) < 4.78 is 10.5. The van der Waals surface area contributed by atoms with Crippen molar-refractivity contribution >= 4 is 5.91 Å². The maximum Gasteiger partial charge on any atom is 0.269 e. The Balaban J connectivity index is 2.72. The number of hydrogen-bond donors (Lipinski definition) is 4. The number of aliphatic hydroxyl groups is 2. The van der Waals surface area contributed by atoms with Crippen LogP contribution in [-0.4, -0.2) is 47.8 Å². The SMILES string of the molecule is CO[C@H](C/C=C(\C)C(=O)NO)[C@H](O)c1ccc(OCCO)cc1. The third kappa shape index (κ3) is 5.99. The van der Waals surface area contributed by atoms with Gasteiger partial charge in [0.1, 0.15) is 18.5 Å². The molecule has 7 heteroatoms. The number of rotatable bonds is 9. The second kappa shape index (κ2) is 9.96. The van der Waals surface area contributed by atoms with Crippen molar-refractivity contribution in [1.82, 2.24) is 5.48 Å². The third-order valence-electron chi connectivity index (χ3n) is 3.35. The predicted molar refractivity (Wildman–Crippen MR) is 83.1 cm³/mol. The molecule has 0 radical (unpaired) electrons. The van der Waals surface area contributed by atoms with E-state index in [0.717, 1.165) is 0 Å². The zero-order chi connectivity index (χ0) is 17.2. The monoisotopic (exact) mass is 325 g/mol. The van der Waals surface area contributed by atoms with Crippen molar-refractivity contribution in [2.24, 2.45) is 0 Å². The minimum absolute atomic E-state index is 0.0662. The molecule has 0 aliphatic carbocycles. The lowest BCUT2D eigenvalue weighted by Crippen LogP contribution is -2.22. The molecule has 1 rings (SSSR count). The summed E-state index contributed by atoms with van der Waals surface area (Å²) in [5.74, 6) is -0.000878. The van der Waals surface area contributed by atoms with E-state index in [4.69, 9.17) is 19.8 Å². The Morgan fingerprint density at radius 2 is 2.00 bits per heavy atom. The average molecular weight is 325 g/mol. The number of carbonyl (C=O) groups is 1. The molecule has 0 unspecified atom stereocenters. The van der Waals surface area contributed by atoms with Gasteiger partial charge in [-0.3, -0.25) is 10.0 Å². The summed E-state index contributed by atoms with van der Waals surface area (Å²) in [6.45, 7) is 1.70. The van der Waals surface area contributed by atoms with E-state index in [1.54, 1.807) is 42.7 Å². The van der Waals surface area contributed by atoms with E-state index in [0.29, 0.717) is 23.3 Å². The number of amides is 1. The van der Waals surface area contributed by atoms with Crippen molar-refractivity contribution in [2.45, 2.75) is 25.6 Å². The normalized spacial score (nSPS) is 14.2. The highest BCUT2D eigenvalue weighted by Gasteiger charge is 2.20. The molecule has 4 N–H and O–H groups in total. The number of hydroxylamine groups is 1. The Labute approximate surface area is 135 Å². The van der Waals surface area contributed by atoms with E-state index in [1.165, 1.54) is 7.11 Å². The first kappa shape index (κ1) is 19.1. The van der Waals surface area contributed by atoms with Gasteiger partial charge in [-0.15, -0.1) is 0 Å². The standard InChI is InChI=1S/C16H23NO6/c1-11(16(20)17-21)3-8-14(22-2)15(19)12-4-6-13(7-5-12)23-10-9-18/h3-7,14-15,18-19,21H,8-10H2,1-2H3,(H,17,20)/b11-3+/t14-,15-/m1/s1. The van der Waals surface area contributed by atoms with E-state index in [9.17, 15) is 9.90 Å². The number of benzene rings is 1. The summed E-state index contributed by atoms with van der Waals surface area (Å²) in [6, 6.07) is 6.81. The summed E-state index contributed by atoms with van der Waals surface area (Å²) in [5.41, 5.74) is 2.52. The van der Waals surface area contributed by atoms with Gasteiger partial charge >= 0.3 is 0 Å². The van der Waals surface area contributed by atoms with Crippen LogP contribution in [0.1, 0.15) is 25.0 Å². The topological polar surface area (TPSA) is 108 Å². The van der Waals surface area contributed by atoms with E-state index in [2.05, 4.69) is 0 Å². The van der Waals surface area contributed by atoms with Gasteiger partial charge in [0.25, 0.3) is 5.91 Å². The fourth-order valence-corrected chi connectivity index (χ4v) is 1.97. The van der Waals surface area contributed by atoms with Crippen molar-refractivity contribution in [2.75, 3.05) is 20.3 Å². The van der Waals surface area contributed by atoms with Crippen molar-refractivity contribution in [3.8, 4) is 5.75 Å². The lowest BCUT2D eigenvalue weighted by atomic mass is 10.0. The van der Waals surface area contributed by atoms with Gasteiger partial charge in [0.05, 0.1) is 12.7 Å². The number of hydrogen-bond acceptors (Lipinski definition) is 6. The fourth-order valence-electron chi connectivity index (χ4n) is 1.97. The average Bonchev–Trinajstić information content (AvgIpc) is 2.59. The zero-order valence-corrected chi connectivity index (χ0v) is 13.2. The van der Waals surface area contributed by atoms with Gasteiger partial charge in [0.15, 0.2) is 0 Å². The molecular weight excluding hydrogens is 302 g/mol. The van der Waals surface area contributed by atoms with Gasteiger partial charge in [0, 0.05) is 12.7 Å². The Hall–Kier alpha value is -1.93. The van der Waals surface area contributed by atoms with Crippen LogP contribution in [0.3, 0.4) is 0 Å². The predicted octanol–water partition coefficient (Wildman–Crippen LogP) is 0.948. The molecule has 0 saturated heterocycles. The molecule has 0 spiro atoms. The second-order valence-electron chi connectivity index (χ2n) is 4.92. The van der Waals surface area contributed by atoms with Crippen LogP contribution in [0.25, 0.3) is 0 Å². The van der Waals surface area contributed by atoms with Crippen molar-refractivity contribution in [3.63, 3.8) is 0 Å². The number of aliphatic hydroxyl groups excluding tert-OH is 2. The molecule has 1 amide bonds. The maximum atomic E-state index is 11.2. The molecule has 0 aromatic heterocycles. The number of methoxy groups -OCH3 is 1. The lowest BCUT2D eigenvalue weighted by molar-refractivity contribution is -0.125. The molecular formula is C16H23NO6. The molecule has 0 aliphatic heterocycles. The van der Waals surface area contributed by atoms with Crippen LogP contribution in [0.15, 0.2) is 35.9 Å². The minimum atomic E-state index is -0.881. The Bertz CT molecular complexity index is 514. The van der Waals surface area contributed by atoms with Crippen molar-refractivity contribution in [3.05, 3.63) is 41.5 Å². The summed E-state index contributed by atoms with van der Waals surface area (Å²) in [6.07, 6.45) is 0.468. The molecule has 0 bridgehead atoms. The molecule has 0 fully saturated rings. The molecule has 0 aliphatic rings. The molecule has 23 heavy (non-hydrogen) atoms. The summed E-state index contributed by atoms with van der Waals surface area (Å²) in [5, 5.41) is 27.6. The van der Waals surface area contributed by atoms with Gasteiger partial charge in [-0.2, -0.15) is 0 Å². The van der Waals surface area contributed by atoms with Gasteiger partial charge in [0.2, 0.25) is 0 Å². The second-order valence-corrected chi connectivity index (χ2v) is 4.92. The van der Waals surface area contributed by atoms with Gasteiger partial charge in [-0.25, -0.2) is 5.48 Å². The molecule has 1 aromatic carbocycles. The quantitative estimate of drug-likeness (QED) is 0.306. The Kier molecular flexibility index (Phi) is 8.28. The Morgan fingerprint density at radius 3 is 2.52 bits per heavy atom. The molecule has 0 saturated carbocycles. The largest absolute Gasteiger partial charge is 0.491 e. The fraction of sp³-hybridized carbons (Fsp3) is 0.438. The van der Waals surface area contributed by atoms with Crippen LogP contribution >= 0.6 is 0 Å². The molecule has 0 heterocycles. The number of carbonyl (C=O) groups excluding carboxylic acids is 1. The summed E-state index contributed by atoms with van der Waals surface area (Å²) in [7, 11) is 1.47. The van der Waals surface area contributed by atoms with E-state index in [1.807, 2.05) is 0 Å². The highest BCUT2D eigenvalue weighted by atomic mass is 16.5. The highest BCUT2D eigenvalue weighted by Crippen LogP contribution is 2.24. The Morgan fingerprint density at radius 1 is 1.35 bits per heavy atom. The summed E-state index contributed by atoms with van der Waals surface area (Å²) in [4.78, 5) is 11.2. The summed E-state index contributed by atoms with van der Waals surface area (Å²) >= 11 is 0. The van der Waals surface area contributed by atoms with E-state index in [-0.39, 0.29) is 13.2 Å². The molecule has 1 aromatic rings. The molecule has 7 nitrogen and oxygen atoms in total.